The van der Waals surface area contributed by atoms with Crippen molar-refractivity contribution in [2.24, 2.45) is 4.40 Å². The normalized spacial score (nSPS) is 15.3. The number of aromatic nitrogens is 2. The summed E-state index contributed by atoms with van der Waals surface area (Å²) < 4.78 is 28.6. The summed E-state index contributed by atoms with van der Waals surface area (Å²) in [4.78, 5) is 6.52. The third-order valence-electron chi connectivity index (χ3n) is 4.29. The second kappa shape index (κ2) is 5.38. The Balaban J connectivity index is 1.64. The van der Waals surface area contributed by atoms with E-state index < -0.39 is 10.0 Å². The molecule has 2 aromatic heterocycles. The minimum absolute atomic E-state index is 0.206. The van der Waals surface area contributed by atoms with Gasteiger partial charge in [-0.15, -0.1) is 0 Å². The van der Waals surface area contributed by atoms with Gasteiger partial charge in [-0.2, -0.15) is 12.8 Å². The molecule has 3 aromatic rings. The highest BCUT2D eigenvalue weighted by molar-refractivity contribution is 7.90. The molecule has 2 heterocycles. The number of aryl methyl sites for hydroxylation is 2. The predicted octanol–water partition coefficient (Wildman–Crippen LogP) is 3.18. The van der Waals surface area contributed by atoms with Crippen LogP contribution in [-0.4, -0.2) is 24.6 Å². The van der Waals surface area contributed by atoms with Crippen LogP contribution in [0.25, 0.3) is 10.9 Å². The standard InChI is InChI=1S/C17H17N3O2S/c21-23(22,15-5-6-16-13(10-15)7-8-18-16)19-11-14-9-12-3-1-2-4-17(12)20-14/h5-11,18,20H,1-4H2/b19-11+. The van der Waals surface area contributed by atoms with Gasteiger partial charge in [0.15, 0.2) is 0 Å². The molecule has 6 heteroatoms. The van der Waals surface area contributed by atoms with Crippen LogP contribution in [0.4, 0.5) is 0 Å². The number of aromatic amines is 2. The quantitative estimate of drug-likeness (QED) is 0.725. The Morgan fingerprint density at radius 1 is 1.09 bits per heavy atom. The first-order chi connectivity index (χ1) is 11.1. The zero-order valence-corrected chi connectivity index (χ0v) is 13.4. The van der Waals surface area contributed by atoms with Crippen molar-refractivity contribution in [1.82, 2.24) is 9.97 Å². The maximum absolute atomic E-state index is 12.4. The third-order valence-corrected chi connectivity index (χ3v) is 5.52. The maximum atomic E-state index is 12.4. The van der Waals surface area contributed by atoms with Gasteiger partial charge in [0.05, 0.1) is 16.8 Å². The Bertz CT molecular complexity index is 972. The highest BCUT2D eigenvalue weighted by atomic mass is 32.2. The third kappa shape index (κ3) is 2.70. The number of hydrogen-bond acceptors (Lipinski definition) is 2. The van der Waals surface area contributed by atoms with Gasteiger partial charge in [0.2, 0.25) is 0 Å². The fourth-order valence-corrected chi connectivity index (χ4v) is 3.97. The minimum Gasteiger partial charge on any atom is -0.361 e. The van der Waals surface area contributed by atoms with E-state index in [0.717, 1.165) is 29.4 Å². The van der Waals surface area contributed by atoms with Crippen molar-refractivity contribution in [3.05, 3.63) is 53.5 Å². The predicted molar refractivity (Wildman–Crippen MR) is 90.5 cm³/mol. The van der Waals surface area contributed by atoms with E-state index >= 15 is 0 Å². The number of hydrogen-bond donors (Lipinski definition) is 2. The van der Waals surface area contributed by atoms with E-state index in [0.29, 0.717) is 0 Å². The number of rotatable bonds is 3. The van der Waals surface area contributed by atoms with Gasteiger partial charge in [0.1, 0.15) is 0 Å². The van der Waals surface area contributed by atoms with E-state index in [2.05, 4.69) is 14.4 Å². The van der Waals surface area contributed by atoms with Crippen molar-refractivity contribution in [1.29, 1.82) is 0 Å². The molecule has 1 aliphatic rings. The minimum atomic E-state index is -3.69. The van der Waals surface area contributed by atoms with Crippen molar-refractivity contribution in [3.8, 4) is 0 Å². The monoisotopic (exact) mass is 327 g/mol. The van der Waals surface area contributed by atoms with Crippen LogP contribution in [0.3, 0.4) is 0 Å². The van der Waals surface area contributed by atoms with E-state index in [4.69, 9.17) is 0 Å². The molecule has 0 aliphatic heterocycles. The average Bonchev–Trinajstić information content (AvgIpc) is 3.18. The first-order valence-electron chi connectivity index (χ1n) is 7.70. The number of sulfonamides is 1. The van der Waals surface area contributed by atoms with Crippen molar-refractivity contribution >= 4 is 27.1 Å². The van der Waals surface area contributed by atoms with E-state index in [9.17, 15) is 8.42 Å². The van der Waals surface area contributed by atoms with Crippen LogP contribution in [0.1, 0.15) is 29.8 Å². The molecule has 118 valence electrons. The van der Waals surface area contributed by atoms with Crippen LogP contribution >= 0.6 is 0 Å². The zero-order valence-electron chi connectivity index (χ0n) is 12.5. The first-order valence-corrected chi connectivity index (χ1v) is 9.14. The summed E-state index contributed by atoms with van der Waals surface area (Å²) in [6.45, 7) is 0. The van der Waals surface area contributed by atoms with Gasteiger partial charge in [-0.05, 0) is 61.6 Å². The summed E-state index contributed by atoms with van der Waals surface area (Å²) in [6.07, 6.45) is 7.65. The van der Waals surface area contributed by atoms with Gasteiger partial charge in [-0.25, -0.2) is 0 Å². The maximum Gasteiger partial charge on any atom is 0.282 e. The largest absolute Gasteiger partial charge is 0.361 e. The van der Waals surface area contributed by atoms with E-state index in [-0.39, 0.29) is 4.90 Å². The number of nitrogens with one attached hydrogen (secondary N) is 2. The molecular weight excluding hydrogens is 310 g/mol. The summed E-state index contributed by atoms with van der Waals surface area (Å²) in [5.41, 5.74) is 4.15. The molecule has 1 aromatic carbocycles. The summed E-state index contributed by atoms with van der Waals surface area (Å²) >= 11 is 0. The lowest BCUT2D eigenvalue weighted by Gasteiger charge is -2.08. The first kappa shape index (κ1) is 14.3. The van der Waals surface area contributed by atoms with Crippen molar-refractivity contribution in [2.75, 3.05) is 0 Å². The van der Waals surface area contributed by atoms with Crippen LogP contribution < -0.4 is 0 Å². The van der Waals surface area contributed by atoms with Crippen molar-refractivity contribution < 1.29 is 8.42 Å². The second-order valence-corrected chi connectivity index (χ2v) is 7.50. The van der Waals surface area contributed by atoms with Gasteiger partial charge in [0, 0.05) is 22.8 Å². The van der Waals surface area contributed by atoms with Crippen molar-refractivity contribution in [3.63, 3.8) is 0 Å². The lowest BCUT2D eigenvalue weighted by molar-refractivity contribution is 0.598. The van der Waals surface area contributed by atoms with Crippen LogP contribution in [0, 0.1) is 0 Å². The molecule has 0 radical (unpaired) electrons. The molecule has 1 aliphatic carbocycles. The molecule has 0 unspecified atom stereocenters. The molecule has 0 amide bonds. The topological polar surface area (TPSA) is 78.1 Å². The molecular formula is C17H17N3O2S. The number of H-pyrrole nitrogens is 2. The molecule has 0 fully saturated rings. The number of nitrogens with zero attached hydrogens (tertiary/aromatic N) is 1. The molecule has 0 atom stereocenters. The number of fused-ring (bicyclic) bond motifs is 2. The fourth-order valence-electron chi connectivity index (χ4n) is 3.08. The zero-order chi connectivity index (χ0) is 15.9. The Morgan fingerprint density at radius 3 is 2.83 bits per heavy atom. The molecule has 2 N–H and O–H groups in total. The molecule has 5 nitrogen and oxygen atoms in total. The van der Waals surface area contributed by atoms with Crippen LogP contribution in [0.2, 0.25) is 0 Å². The second-order valence-electron chi connectivity index (χ2n) is 5.87. The lowest BCUT2D eigenvalue weighted by Crippen LogP contribution is -1.99. The molecule has 0 spiro atoms. The fraction of sp³-hybridized carbons (Fsp3) is 0.235. The van der Waals surface area contributed by atoms with Gasteiger partial charge in [-0.1, -0.05) is 0 Å². The van der Waals surface area contributed by atoms with Crippen LogP contribution in [-0.2, 0) is 22.9 Å². The van der Waals surface area contributed by atoms with Crippen LogP contribution in [0.5, 0.6) is 0 Å². The molecule has 0 saturated carbocycles. The van der Waals surface area contributed by atoms with Gasteiger partial charge in [-0.3, -0.25) is 0 Å². The summed E-state index contributed by atoms with van der Waals surface area (Å²) in [6, 6.07) is 8.81. The van der Waals surface area contributed by atoms with Crippen molar-refractivity contribution in [2.45, 2.75) is 30.6 Å². The Hall–Kier alpha value is -2.34. The summed E-state index contributed by atoms with van der Waals surface area (Å²) in [7, 11) is -3.69. The molecule has 0 saturated heterocycles. The van der Waals surface area contributed by atoms with Crippen LogP contribution in [0.15, 0.2) is 45.8 Å². The summed E-state index contributed by atoms with van der Waals surface area (Å²) in [5, 5.41) is 0.858. The number of benzene rings is 1. The smallest absolute Gasteiger partial charge is 0.282 e. The van der Waals surface area contributed by atoms with E-state index in [1.54, 1.807) is 24.4 Å². The van der Waals surface area contributed by atoms with Gasteiger partial charge in [0.25, 0.3) is 10.0 Å². The lowest BCUT2D eigenvalue weighted by atomic mass is 9.98. The summed E-state index contributed by atoms with van der Waals surface area (Å²) in [5.74, 6) is 0. The Labute approximate surface area is 134 Å². The Morgan fingerprint density at radius 2 is 1.96 bits per heavy atom. The van der Waals surface area contributed by atoms with E-state index in [1.165, 1.54) is 30.3 Å². The molecule has 0 bridgehead atoms. The highest BCUT2D eigenvalue weighted by Crippen LogP contribution is 2.22. The highest BCUT2D eigenvalue weighted by Gasteiger charge is 2.14. The SMILES string of the molecule is O=S(=O)(/N=C/c1cc2c([nH]1)CCCC2)c1ccc2[nH]ccc2c1. The molecule has 4 rings (SSSR count). The van der Waals surface area contributed by atoms with Gasteiger partial charge >= 0.3 is 0 Å². The molecule has 23 heavy (non-hydrogen) atoms. The van der Waals surface area contributed by atoms with E-state index in [1.807, 2.05) is 12.1 Å². The average molecular weight is 327 g/mol. The van der Waals surface area contributed by atoms with Gasteiger partial charge < -0.3 is 9.97 Å². The Kier molecular flexibility index (Phi) is 3.34.